The van der Waals surface area contributed by atoms with Crippen LogP contribution < -0.4 is 14.5 Å². The first kappa shape index (κ1) is 24.7. The van der Waals surface area contributed by atoms with Crippen LogP contribution in [0.15, 0.2) is 77.9 Å². The van der Waals surface area contributed by atoms with Crippen molar-refractivity contribution in [2.45, 2.75) is 13.8 Å². The van der Waals surface area contributed by atoms with Crippen LogP contribution in [0.5, 0.6) is 5.75 Å². The van der Waals surface area contributed by atoms with Gasteiger partial charge < -0.3 is 4.74 Å². The van der Waals surface area contributed by atoms with Gasteiger partial charge in [-0.1, -0.05) is 30.3 Å². The number of ether oxygens (including phenoxy) is 1. The van der Waals surface area contributed by atoms with Crippen LogP contribution in [0.25, 0.3) is 0 Å². The highest BCUT2D eigenvalue weighted by molar-refractivity contribution is 7.92. The van der Waals surface area contributed by atoms with Crippen molar-refractivity contribution in [1.29, 1.82) is 0 Å². The summed E-state index contributed by atoms with van der Waals surface area (Å²) < 4.78 is 31.0. The van der Waals surface area contributed by atoms with E-state index < -0.39 is 28.4 Å². The largest absolute Gasteiger partial charge is 0.423 e. The third kappa shape index (κ3) is 6.76. The molecule has 0 atom stereocenters. The van der Waals surface area contributed by atoms with Crippen molar-refractivity contribution < 1.29 is 22.7 Å². The van der Waals surface area contributed by atoms with E-state index in [0.29, 0.717) is 22.6 Å². The molecule has 0 aromatic heterocycles. The van der Waals surface area contributed by atoms with E-state index >= 15 is 0 Å². The predicted molar refractivity (Wildman–Crippen MR) is 132 cm³/mol. The molecule has 176 valence electrons. The van der Waals surface area contributed by atoms with Crippen LogP contribution in [0, 0.1) is 13.8 Å². The minimum Gasteiger partial charge on any atom is -0.423 e. The van der Waals surface area contributed by atoms with Crippen molar-refractivity contribution in [2.75, 3.05) is 17.1 Å². The monoisotopic (exact) mass is 479 g/mol. The molecule has 0 aliphatic carbocycles. The van der Waals surface area contributed by atoms with Gasteiger partial charge in [-0.15, -0.1) is 0 Å². The van der Waals surface area contributed by atoms with Gasteiger partial charge in [-0.3, -0.25) is 9.10 Å². The second-order valence-corrected chi connectivity index (χ2v) is 9.58. The van der Waals surface area contributed by atoms with Gasteiger partial charge in [0.15, 0.2) is 0 Å². The summed E-state index contributed by atoms with van der Waals surface area (Å²) in [6.45, 7) is 3.22. The molecule has 1 amide bonds. The lowest BCUT2D eigenvalue weighted by molar-refractivity contribution is -0.119. The minimum absolute atomic E-state index is 0.368. The zero-order valence-corrected chi connectivity index (χ0v) is 19.9. The first-order chi connectivity index (χ1) is 16.1. The Balaban J connectivity index is 1.60. The molecule has 0 bridgehead atoms. The summed E-state index contributed by atoms with van der Waals surface area (Å²) in [5, 5.41) is 3.89. The first-order valence-corrected chi connectivity index (χ1v) is 12.2. The van der Waals surface area contributed by atoms with E-state index in [-0.39, 0.29) is 0 Å². The number of hydrazone groups is 1. The third-order valence-corrected chi connectivity index (χ3v) is 5.95. The second-order valence-electron chi connectivity index (χ2n) is 7.68. The Labute approximate surface area is 198 Å². The van der Waals surface area contributed by atoms with Gasteiger partial charge in [-0.05, 0) is 73.0 Å². The second kappa shape index (κ2) is 10.8. The molecular formula is C25H25N3O5S. The normalized spacial score (nSPS) is 11.3. The molecule has 1 N–H and O–H groups in total. The summed E-state index contributed by atoms with van der Waals surface area (Å²) in [7, 11) is -3.69. The topological polar surface area (TPSA) is 105 Å². The Morgan fingerprint density at radius 3 is 2.32 bits per heavy atom. The van der Waals surface area contributed by atoms with Crippen molar-refractivity contribution >= 4 is 33.8 Å². The summed E-state index contributed by atoms with van der Waals surface area (Å²) in [6.07, 6.45) is 2.46. The van der Waals surface area contributed by atoms with Crippen LogP contribution in [0.2, 0.25) is 0 Å². The smallest absolute Gasteiger partial charge is 0.343 e. The van der Waals surface area contributed by atoms with E-state index in [1.807, 2.05) is 19.1 Å². The number of sulfonamides is 1. The maximum absolute atomic E-state index is 12.4. The summed E-state index contributed by atoms with van der Waals surface area (Å²) in [5.41, 5.74) is 5.50. The van der Waals surface area contributed by atoms with Crippen LogP contribution in [-0.4, -0.2) is 39.3 Å². The summed E-state index contributed by atoms with van der Waals surface area (Å²) >= 11 is 0. The highest BCUT2D eigenvalue weighted by atomic mass is 32.2. The molecule has 0 saturated heterocycles. The average Bonchev–Trinajstić information content (AvgIpc) is 2.80. The average molecular weight is 480 g/mol. The number of carbonyl (C=O) groups excluding carboxylic acids is 2. The maximum atomic E-state index is 12.4. The molecule has 0 fully saturated rings. The molecule has 0 aliphatic heterocycles. The van der Waals surface area contributed by atoms with Crippen molar-refractivity contribution in [3.8, 4) is 5.75 Å². The van der Waals surface area contributed by atoms with Crippen molar-refractivity contribution in [2.24, 2.45) is 5.10 Å². The van der Waals surface area contributed by atoms with Crippen LogP contribution in [-0.2, 0) is 14.8 Å². The van der Waals surface area contributed by atoms with Crippen LogP contribution in [0.3, 0.4) is 0 Å². The number of carbonyl (C=O) groups is 2. The van der Waals surface area contributed by atoms with Crippen LogP contribution in [0.4, 0.5) is 5.69 Å². The number of nitrogens with one attached hydrogen (secondary N) is 1. The third-order valence-electron chi connectivity index (χ3n) is 4.82. The van der Waals surface area contributed by atoms with Crippen molar-refractivity contribution in [3.05, 3.63) is 95.1 Å². The number of hydrogen-bond acceptors (Lipinski definition) is 6. The summed E-state index contributed by atoms with van der Waals surface area (Å²) in [5.74, 6) is -0.683. The number of anilines is 1. The van der Waals surface area contributed by atoms with Gasteiger partial charge in [0.2, 0.25) is 10.0 Å². The lowest BCUT2D eigenvalue weighted by Gasteiger charge is -2.23. The van der Waals surface area contributed by atoms with Gasteiger partial charge in [0.05, 0.1) is 23.7 Å². The van der Waals surface area contributed by atoms with E-state index in [4.69, 9.17) is 4.74 Å². The van der Waals surface area contributed by atoms with E-state index in [0.717, 1.165) is 21.7 Å². The molecule has 3 aromatic rings. The number of esters is 1. The van der Waals surface area contributed by atoms with E-state index in [1.165, 1.54) is 6.21 Å². The highest BCUT2D eigenvalue weighted by Gasteiger charge is 2.22. The Bertz CT molecular complexity index is 1300. The molecule has 0 saturated carbocycles. The zero-order valence-electron chi connectivity index (χ0n) is 19.1. The lowest BCUT2D eigenvalue weighted by Crippen LogP contribution is -2.39. The SMILES string of the molecule is Cc1ccc(C)c(N(CC(=O)N/N=C\c2ccc(OC(=O)c3ccccc3)cc2)S(C)(=O)=O)c1. The molecule has 9 heteroatoms. The van der Waals surface area contributed by atoms with Crippen molar-refractivity contribution in [3.63, 3.8) is 0 Å². The fourth-order valence-electron chi connectivity index (χ4n) is 3.08. The number of rotatable bonds is 8. The van der Waals surface area contributed by atoms with Gasteiger partial charge in [-0.2, -0.15) is 5.10 Å². The number of aryl methyl sites for hydroxylation is 2. The first-order valence-electron chi connectivity index (χ1n) is 10.4. The molecule has 0 aliphatic rings. The van der Waals surface area contributed by atoms with Crippen LogP contribution in [0.1, 0.15) is 27.0 Å². The molecular weight excluding hydrogens is 454 g/mol. The number of amides is 1. The fourth-order valence-corrected chi connectivity index (χ4v) is 3.98. The van der Waals surface area contributed by atoms with Crippen molar-refractivity contribution in [1.82, 2.24) is 5.43 Å². The molecule has 0 unspecified atom stereocenters. The molecule has 34 heavy (non-hydrogen) atoms. The summed E-state index contributed by atoms with van der Waals surface area (Å²) in [6, 6.07) is 20.6. The zero-order chi connectivity index (χ0) is 24.7. The molecule has 3 rings (SSSR count). The highest BCUT2D eigenvalue weighted by Crippen LogP contribution is 2.23. The maximum Gasteiger partial charge on any atom is 0.343 e. The van der Waals surface area contributed by atoms with E-state index in [2.05, 4.69) is 10.5 Å². The van der Waals surface area contributed by atoms with Gasteiger partial charge in [0.25, 0.3) is 5.91 Å². The Morgan fingerprint density at radius 2 is 1.68 bits per heavy atom. The molecule has 0 radical (unpaired) electrons. The Morgan fingerprint density at radius 1 is 1.00 bits per heavy atom. The standard InChI is InChI=1S/C25H25N3O5S/c1-18-9-10-19(2)23(15-18)28(34(3,31)32)17-24(29)27-26-16-20-11-13-22(14-12-20)33-25(30)21-7-5-4-6-8-21/h4-16H,17H2,1-3H3,(H,27,29)/b26-16-. The van der Waals surface area contributed by atoms with Crippen LogP contribution >= 0.6 is 0 Å². The Hall–Kier alpha value is -3.98. The van der Waals surface area contributed by atoms with Gasteiger partial charge in [0, 0.05) is 0 Å². The number of nitrogens with zero attached hydrogens (tertiary/aromatic N) is 2. The molecule has 0 heterocycles. The van der Waals surface area contributed by atoms with Gasteiger partial charge >= 0.3 is 5.97 Å². The number of hydrogen-bond donors (Lipinski definition) is 1. The van der Waals surface area contributed by atoms with E-state index in [9.17, 15) is 18.0 Å². The van der Waals surface area contributed by atoms with Gasteiger partial charge in [-0.25, -0.2) is 18.6 Å². The summed E-state index contributed by atoms with van der Waals surface area (Å²) in [4.78, 5) is 24.5. The molecule has 8 nitrogen and oxygen atoms in total. The lowest BCUT2D eigenvalue weighted by atomic mass is 10.1. The number of benzene rings is 3. The van der Waals surface area contributed by atoms with E-state index in [1.54, 1.807) is 67.6 Å². The predicted octanol–water partition coefficient (Wildman–Crippen LogP) is 3.44. The molecule has 3 aromatic carbocycles. The quantitative estimate of drug-likeness (QED) is 0.231. The molecule has 0 spiro atoms. The van der Waals surface area contributed by atoms with Gasteiger partial charge in [0.1, 0.15) is 12.3 Å². The minimum atomic E-state index is -3.69. The Kier molecular flexibility index (Phi) is 7.80. The fraction of sp³-hybridized carbons (Fsp3) is 0.160.